The standard InChI is InChI=1S/C26H23N3O2S/c1-3-14-29(22-13-10-17-6-4-5-7-20(17)22)16-24-27-21-15-23(32-25(21)26(30)28-24)18-8-11-19(31-2)12-9-18/h1,4-9,11-12,15,22H,10,13-14,16H2,2H3,(H,27,28,30). The highest BCUT2D eigenvalue weighted by molar-refractivity contribution is 7.22. The molecule has 0 saturated carbocycles. The summed E-state index contributed by atoms with van der Waals surface area (Å²) in [6.45, 7) is 1.00. The second-order valence-corrected chi connectivity index (χ2v) is 8.98. The summed E-state index contributed by atoms with van der Waals surface area (Å²) >= 11 is 1.45. The number of aromatic nitrogens is 2. The molecule has 0 spiro atoms. The van der Waals surface area contributed by atoms with E-state index in [4.69, 9.17) is 16.1 Å². The second kappa shape index (κ2) is 8.62. The molecular formula is C26H23N3O2S. The van der Waals surface area contributed by atoms with Gasteiger partial charge in [0.1, 0.15) is 16.3 Å². The number of H-pyrrole nitrogens is 1. The van der Waals surface area contributed by atoms with Gasteiger partial charge in [-0.3, -0.25) is 9.69 Å². The second-order valence-electron chi connectivity index (χ2n) is 7.93. The summed E-state index contributed by atoms with van der Waals surface area (Å²) in [7, 11) is 1.65. The van der Waals surface area contributed by atoms with Crippen molar-refractivity contribution in [2.45, 2.75) is 25.4 Å². The lowest BCUT2D eigenvalue weighted by molar-refractivity contribution is 0.208. The Balaban J connectivity index is 1.46. The molecule has 32 heavy (non-hydrogen) atoms. The fraction of sp³-hybridized carbons (Fsp3) is 0.231. The first kappa shape index (κ1) is 20.5. The summed E-state index contributed by atoms with van der Waals surface area (Å²) in [6.07, 6.45) is 7.75. The Hall–Kier alpha value is -3.40. The van der Waals surface area contributed by atoms with Crippen LogP contribution >= 0.6 is 11.3 Å². The van der Waals surface area contributed by atoms with E-state index >= 15 is 0 Å². The van der Waals surface area contributed by atoms with Crippen LogP contribution in [0.3, 0.4) is 0 Å². The predicted octanol–water partition coefficient (Wildman–Crippen LogP) is 4.78. The third-order valence-electron chi connectivity index (χ3n) is 6.00. The predicted molar refractivity (Wildman–Crippen MR) is 129 cm³/mol. The van der Waals surface area contributed by atoms with Gasteiger partial charge in [0.25, 0.3) is 5.56 Å². The van der Waals surface area contributed by atoms with Crippen LogP contribution in [0.1, 0.15) is 29.4 Å². The van der Waals surface area contributed by atoms with Crippen LogP contribution in [0.5, 0.6) is 5.75 Å². The van der Waals surface area contributed by atoms with Crippen LogP contribution in [0.25, 0.3) is 20.7 Å². The van der Waals surface area contributed by atoms with Crippen LogP contribution in [0.4, 0.5) is 0 Å². The Morgan fingerprint density at radius 2 is 2.06 bits per heavy atom. The van der Waals surface area contributed by atoms with Crippen molar-refractivity contribution in [3.8, 4) is 28.5 Å². The van der Waals surface area contributed by atoms with Crippen molar-refractivity contribution in [3.05, 3.63) is 81.9 Å². The summed E-state index contributed by atoms with van der Waals surface area (Å²) in [5.74, 6) is 4.22. The molecule has 6 heteroatoms. The first-order valence-electron chi connectivity index (χ1n) is 10.6. The van der Waals surface area contributed by atoms with Crippen LogP contribution in [0, 0.1) is 12.3 Å². The Bertz CT molecular complexity index is 1360. The molecule has 1 aliphatic carbocycles. The molecule has 0 saturated heterocycles. The maximum absolute atomic E-state index is 12.8. The molecule has 2 aromatic carbocycles. The van der Waals surface area contributed by atoms with E-state index < -0.39 is 0 Å². The van der Waals surface area contributed by atoms with Crippen molar-refractivity contribution in [1.82, 2.24) is 14.9 Å². The molecule has 0 amide bonds. The number of fused-ring (bicyclic) bond motifs is 2. The van der Waals surface area contributed by atoms with Gasteiger partial charge in [-0.2, -0.15) is 0 Å². The van der Waals surface area contributed by atoms with E-state index in [2.05, 4.69) is 40.1 Å². The van der Waals surface area contributed by atoms with Crippen molar-refractivity contribution in [1.29, 1.82) is 0 Å². The molecule has 0 bridgehead atoms. The highest BCUT2D eigenvalue weighted by Gasteiger charge is 2.28. The number of nitrogens with one attached hydrogen (secondary N) is 1. The van der Waals surface area contributed by atoms with Gasteiger partial charge in [-0.25, -0.2) is 4.98 Å². The molecule has 160 valence electrons. The molecule has 5 rings (SSSR count). The van der Waals surface area contributed by atoms with Crippen LogP contribution < -0.4 is 10.3 Å². The number of thiophene rings is 1. The average Bonchev–Trinajstić information content (AvgIpc) is 3.44. The van der Waals surface area contributed by atoms with Crippen molar-refractivity contribution in [2.24, 2.45) is 0 Å². The van der Waals surface area contributed by atoms with Gasteiger partial charge in [0.05, 0.1) is 25.7 Å². The number of aryl methyl sites for hydroxylation is 1. The van der Waals surface area contributed by atoms with E-state index in [0.717, 1.165) is 29.0 Å². The Kier molecular flexibility index (Phi) is 5.52. The zero-order valence-corrected chi connectivity index (χ0v) is 18.6. The lowest BCUT2D eigenvalue weighted by Gasteiger charge is -2.27. The first-order chi connectivity index (χ1) is 15.7. The first-order valence-corrected chi connectivity index (χ1v) is 11.4. The average molecular weight is 442 g/mol. The van der Waals surface area contributed by atoms with Gasteiger partial charge in [-0.05, 0) is 59.9 Å². The van der Waals surface area contributed by atoms with Crippen molar-refractivity contribution in [2.75, 3.05) is 13.7 Å². The topological polar surface area (TPSA) is 58.2 Å². The number of hydrogen-bond donors (Lipinski definition) is 1. The number of benzene rings is 2. The highest BCUT2D eigenvalue weighted by atomic mass is 32.1. The number of rotatable bonds is 6. The van der Waals surface area contributed by atoms with Crippen LogP contribution in [0.2, 0.25) is 0 Å². The lowest BCUT2D eigenvalue weighted by atomic mass is 10.1. The summed E-state index contributed by atoms with van der Waals surface area (Å²) in [5, 5.41) is 0. The molecule has 1 atom stereocenters. The van der Waals surface area contributed by atoms with Gasteiger partial charge < -0.3 is 9.72 Å². The summed E-state index contributed by atoms with van der Waals surface area (Å²) in [5.41, 5.74) is 4.34. The van der Waals surface area contributed by atoms with Gasteiger partial charge in [0.15, 0.2) is 0 Å². The van der Waals surface area contributed by atoms with Crippen LogP contribution in [-0.4, -0.2) is 28.5 Å². The Labute approximate surface area is 190 Å². The summed E-state index contributed by atoms with van der Waals surface area (Å²) in [6, 6.07) is 18.5. The number of methoxy groups -OCH3 is 1. The Morgan fingerprint density at radius 3 is 2.84 bits per heavy atom. The largest absolute Gasteiger partial charge is 0.497 e. The smallest absolute Gasteiger partial charge is 0.268 e. The molecule has 0 radical (unpaired) electrons. The fourth-order valence-corrected chi connectivity index (χ4v) is 5.46. The maximum Gasteiger partial charge on any atom is 0.268 e. The molecule has 5 nitrogen and oxygen atoms in total. The molecule has 2 heterocycles. The molecule has 0 aliphatic heterocycles. The minimum Gasteiger partial charge on any atom is -0.497 e. The molecule has 2 aromatic heterocycles. The van der Waals surface area contributed by atoms with E-state index in [9.17, 15) is 4.79 Å². The zero-order valence-electron chi connectivity index (χ0n) is 17.8. The van der Waals surface area contributed by atoms with Crippen molar-refractivity contribution >= 4 is 21.6 Å². The monoisotopic (exact) mass is 441 g/mol. The zero-order chi connectivity index (χ0) is 22.1. The van der Waals surface area contributed by atoms with E-state index in [1.807, 2.05) is 30.3 Å². The maximum atomic E-state index is 12.8. The fourth-order valence-electron chi connectivity index (χ4n) is 4.46. The number of terminal acetylenes is 1. The normalized spacial score (nSPS) is 15.1. The minimum atomic E-state index is -0.109. The van der Waals surface area contributed by atoms with Gasteiger partial charge in [-0.1, -0.05) is 30.2 Å². The van der Waals surface area contributed by atoms with E-state index in [1.54, 1.807) is 7.11 Å². The van der Waals surface area contributed by atoms with Crippen LogP contribution in [-0.2, 0) is 13.0 Å². The number of ether oxygens (including phenoxy) is 1. The van der Waals surface area contributed by atoms with E-state index in [-0.39, 0.29) is 11.6 Å². The number of hydrogen-bond acceptors (Lipinski definition) is 5. The van der Waals surface area contributed by atoms with E-state index in [1.165, 1.54) is 22.5 Å². The molecule has 1 unspecified atom stereocenters. The van der Waals surface area contributed by atoms with Gasteiger partial charge in [-0.15, -0.1) is 17.8 Å². The summed E-state index contributed by atoms with van der Waals surface area (Å²) < 4.78 is 5.87. The third-order valence-corrected chi connectivity index (χ3v) is 7.17. The highest BCUT2D eigenvalue weighted by Crippen LogP contribution is 2.36. The van der Waals surface area contributed by atoms with Crippen molar-refractivity contribution in [3.63, 3.8) is 0 Å². The Morgan fingerprint density at radius 1 is 1.25 bits per heavy atom. The number of nitrogens with zero attached hydrogens (tertiary/aromatic N) is 2. The SMILES string of the molecule is C#CCN(Cc1nc2cc(-c3ccc(OC)cc3)sc2c(=O)[nH]1)C1CCc2ccccc21. The molecular weight excluding hydrogens is 418 g/mol. The van der Waals surface area contributed by atoms with Gasteiger partial charge in [0, 0.05) is 10.9 Å². The molecule has 0 fully saturated rings. The molecule has 4 aromatic rings. The quantitative estimate of drug-likeness (QED) is 0.438. The third kappa shape index (κ3) is 3.81. The lowest BCUT2D eigenvalue weighted by Crippen LogP contribution is -2.29. The van der Waals surface area contributed by atoms with E-state index in [0.29, 0.717) is 29.1 Å². The number of aromatic amines is 1. The van der Waals surface area contributed by atoms with Crippen LogP contribution in [0.15, 0.2) is 59.4 Å². The van der Waals surface area contributed by atoms with Gasteiger partial charge in [0.2, 0.25) is 0 Å². The molecule has 1 N–H and O–H groups in total. The molecule has 1 aliphatic rings. The van der Waals surface area contributed by atoms with Gasteiger partial charge >= 0.3 is 0 Å². The van der Waals surface area contributed by atoms with Crippen molar-refractivity contribution < 1.29 is 4.74 Å². The minimum absolute atomic E-state index is 0.109. The summed E-state index contributed by atoms with van der Waals surface area (Å²) in [4.78, 5) is 23.8.